The quantitative estimate of drug-likeness (QED) is 0.0152. The number of Topliss-reactive ketones (excluding diaryl/α,β-unsaturated/α-hetero) is 2. The first-order valence-corrected chi connectivity index (χ1v) is 52.1. The van der Waals surface area contributed by atoms with Crippen molar-refractivity contribution in [2.24, 2.45) is 11.8 Å². The van der Waals surface area contributed by atoms with Crippen molar-refractivity contribution in [3.63, 3.8) is 0 Å². The van der Waals surface area contributed by atoms with E-state index in [4.69, 9.17) is 29.2 Å². The van der Waals surface area contributed by atoms with Crippen molar-refractivity contribution in [1.29, 1.82) is 0 Å². The second-order valence-corrected chi connectivity index (χ2v) is 42.9. The standard InChI is InChI=1S/C41H50N2O5S.C40H48N2O5S.C37H44N2O4S.3CH4/c1-7-8-9-10-11-22-48-34-18-16-30(17-19-34)33-23-27(2)38(42-26-33)31-14-12-29(13-15-31)24-32(39(45)43-28(3)40(46)47)25-35(44)36-20-21-37(49-36)41(4,5)6;1-6-7-8-9-10-23-47-33-18-15-29(16-19-33)31-17-20-34(41-26-31)30-13-11-28(12-14-30)24-32(38(44)42-27(2)39(45)46)25-35(43)36-21-22-37(48-36)40(3,4)5;1-6-7-8-9-10-21-43-30-17-15-27(16-18-30)29-22-25(2)34(38-24-29)28-13-11-26(12-14-28)23-31(36(41)42)39-35(40)32-19-20-33(44-32)37(3,4)5;;;/h12-21,23,26,28,32H,7-11,22,24-25H2,1-6H3,(H,43,45)(H,46,47);11-22,26-27,32H,6-10,23-25H2,1-5H3,(H,42,44)(H,45,46);11-20,22,24,31H,6-10,21,23H2,1-5H3,(H,39,40)(H,41,42);3*1H4/t28-,32-;27-,32-;31-;;;/m110.../s1. The van der Waals surface area contributed by atoms with E-state index < -0.39 is 59.7 Å². The van der Waals surface area contributed by atoms with Crippen LogP contribution in [0.1, 0.15) is 300 Å². The van der Waals surface area contributed by atoms with Gasteiger partial charge in [-0.25, -0.2) is 4.79 Å². The van der Waals surface area contributed by atoms with Crippen LogP contribution in [0.5, 0.6) is 17.2 Å². The maximum Gasteiger partial charge on any atom is 0.326 e. The van der Waals surface area contributed by atoms with E-state index in [2.05, 4.69) is 135 Å². The molecule has 0 saturated carbocycles. The fourth-order valence-electron chi connectivity index (χ4n) is 16.0. The Morgan fingerprint density at radius 3 is 0.951 bits per heavy atom. The van der Waals surface area contributed by atoms with Crippen LogP contribution in [0, 0.1) is 25.7 Å². The zero-order valence-electron chi connectivity index (χ0n) is 84.9. The van der Waals surface area contributed by atoms with Gasteiger partial charge >= 0.3 is 17.9 Å². The number of hydrogen-bond donors (Lipinski definition) is 6. The number of rotatable bonds is 48. The van der Waals surface area contributed by atoms with Crippen LogP contribution in [0.3, 0.4) is 0 Å². The summed E-state index contributed by atoms with van der Waals surface area (Å²) in [6, 6.07) is 64.1. The highest BCUT2D eigenvalue weighted by molar-refractivity contribution is 7.15. The Morgan fingerprint density at radius 1 is 0.333 bits per heavy atom. The molecule has 23 heteroatoms. The number of hydrogen-bond acceptors (Lipinski definition) is 17. The van der Waals surface area contributed by atoms with Crippen LogP contribution >= 0.6 is 34.0 Å². The number of nitrogens with zero attached hydrogens (tertiary/aromatic N) is 3. The van der Waals surface area contributed by atoms with Crippen molar-refractivity contribution in [3.8, 4) is 84.4 Å². The van der Waals surface area contributed by atoms with Crippen LogP contribution < -0.4 is 30.2 Å². The fraction of sp³-hybridized carbons (Fsp3) is 0.413. The number of carboxylic acid groups (broad SMARTS) is 3. The highest BCUT2D eigenvalue weighted by Crippen LogP contribution is 2.38. The van der Waals surface area contributed by atoms with Gasteiger partial charge in [0, 0.05) is 97.7 Å². The molecule has 6 aromatic heterocycles. The molecule has 12 aromatic rings. The van der Waals surface area contributed by atoms with Gasteiger partial charge in [0.2, 0.25) is 11.8 Å². The molecule has 0 spiro atoms. The van der Waals surface area contributed by atoms with Crippen molar-refractivity contribution in [2.75, 3.05) is 19.8 Å². The van der Waals surface area contributed by atoms with Crippen molar-refractivity contribution in [3.05, 3.63) is 282 Å². The van der Waals surface area contributed by atoms with E-state index in [1.807, 2.05) is 196 Å². The number of carbonyl (C=O) groups excluding carboxylic acids is 5. The van der Waals surface area contributed by atoms with Gasteiger partial charge in [0.05, 0.1) is 51.5 Å². The van der Waals surface area contributed by atoms with Crippen LogP contribution in [-0.4, -0.2) is 115 Å². The smallest absolute Gasteiger partial charge is 0.326 e. The van der Waals surface area contributed by atoms with Crippen molar-refractivity contribution >= 4 is 81.2 Å². The highest BCUT2D eigenvalue weighted by Gasteiger charge is 2.32. The van der Waals surface area contributed by atoms with Crippen LogP contribution in [0.25, 0.3) is 67.2 Å². The number of unbranched alkanes of at least 4 members (excludes halogenated alkanes) is 12. The topological polar surface area (TPSA) is 300 Å². The summed E-state index contributed by atoms with van der Waals surface area (Å²) in [6.45, 7) is 34.6. The predicted molar refractivity (Wildman–Crippen MR) is 592 cm³/mol. The molecule has 0 unspecified atom stereocenters. The molecule has 0 saturated heterocycles. The number of amides is 3. The third-order valence-electron chi connectivity index (χ3n) is 24.6. The second kappa shape index (κ2) is 57.8. The van der Waals surface area contributed by atoms with Crippen LogP contribution in [0.2, 0.25) is 0 Å². The highest BCUT2D eigenvalue weighted by atomic mass is 32.1. The first-order valence-electron chi connectivity index (χ1n) is 49.7. The lowest BCUT2D eigenvalue weighted by Crippen LogP contribution is -2.42. The number of aryl methyl sites for hydroxylation is 2. The van der Waals surface area contributed by atoms with Crippen molar-refractivity contribution < 1.29 is 67.9 Å². The summed E-state index contributed by atoms with van der Waals surface area (Å²) in [5.41, 5.74) is 16.1. The number of aliphatic carboxylic acids is 3. The predicted octanol–water partition coefficient (Wildman–Crippen LogP) is 29.4. The third kappa shape index (κ3) is 36.9. The first kappa shape index (κ1) is 118. The monoisotopic (exact) mass is 2010 g/mol. The molecule has 0 bridgehead atoms. The molecule has 3 amide bonds. The second-order valence-electron chi connectivity index (χ2n) is 39.7. The van der Waals surface area contributed by atoms with Crippen LogP contribution in [0.15, 0.2) is 225 Å². The van der Waals surface area contributed by atoms with Crippen LogP contribution in [0.4, 0.5) is 0 Å². The van der Waals surface area contributed by atoms with Gasteiger partial charge in [0.15, 0.2) is 11.6 Å². The Balaban J connectivity index is 0.000000290. The molecular weight excluding hydrogens is 1860 g/mol. The molecule has 0 radical (unpaired) electrons. The Labute approximate surface area is 868 Å². The Morgan fingerprint density at radius 2 is 0.639 bits per heavy atom. The SMILES string of the molecule is C.C.C.CCCCCCCOc1ccc(-c2ccc(-c3ccc(C[C@H](CC(=O)c4ccc(C(C)(C)C)s4)C(=O)N[C@H](C)C(=O)O)cc3)nc2)cc1.CCCCCCCOc1ccc(-c2cnc(-c3ccc(C[C@H](CC(=O)c4ccc(C(C)(C)C)s4)C(=O)N[C@H](C)C(=O)O)cc3)c(C)c2)cc1.CCCCCCCOc1ccc(-c2cnc(-c3ccc(C[C@H](NC(=O)c4ccc(C(C)(C)C)s4)C(=O)O)cc3)c(C)c2)cc1. The van der Waals surface area contributed by atoms with Gasteiger partial charge < -0.3 is 45.5 Å². The molecule has 144 heavy (non-hydrogen) atoms. The van der Waals surface area contributed by atoms with Crippen LogP contribution in [-0.2, 0) is 59.5 Å². The number of pyridine rings is 3. The normalized spacial score (nSPS) is 12.2. The number of carbonyl (C=O) groups is 8. The number of aromatic nitrogens is 3. The molecule has 12 rings (SSSR count). The molecular formula is C121H154N6O14S3. The number of ether oxygens (including phenoxy) is 3. The lowest BCUT2D eigenvalue weighted by molar-refractivity contribution is -0.142. The van der Waals surface area contributed by atoms with E-state index in [1.165, 1.54) is 125 Å². The van der Waals surface area contributed by atoms with E-state index in [1.54, 1.807) is 6.07 Å². The largest absolute Gasteiger partial charge is 0.494 e. The third-order valence-corrected chi connectivity index (χ3v) is 29.2. The van der Waals surface area contributed by atoms with Gasteiger partial charge in [-0.15, -0.1) is 34.0 Å². The molecule has 0 aliphatic carbocycles. The van der Waals surface area contributed by atoms with E-state index >= 15 is 0 Å². The Hall–Kier alpha value is -12.6. The lowest BCUT2D eigenvalue weighted by atomic mass is 9.91. The van der Waals surface area contributed by atoms with E-state index in [-0.39, 0.29) is 75.3 Å². The molecule has 6 heterocycles. The number of nitrogens with one attached hydrogen (secondary N) is 3. The summed E-state index contributed by atoms with van der Waals surface area (Å²) in [7, 11) is 0. The minimum Gasteiger partial charge on any atom is -0.494 e. The lowest BCUT2D eigenvalue weighted by Gasteiger charge is -2.18. The van der Waals surface area contributed by atoms with Gasteiger partial charge in [-0.2, -0.15) is 0 Å². The molecule has 20 nitrogen and oxygen atoms in total. The van der Waals surface area contributed by atoms with Gasteiger partial charge in [0.25, 0.3) is 5.91 Å². The first-order chi connectivity index (χ1) is 67.3. The van der Waals surface area contributed by atoms with Gasteiger partial charge in [-0.05, 0) is 212 Å². The zero-order chi connectivity index (χ0) is 102. The summed E-state index contributed by atoms with van der Waals surface area (Å²) < 4.78 is 17.7. The van der Waals surface area contributed by atoms with Gasteiger partial charge in [-0.1, -0.05) is 298 Å². The number of ketones is 2. The van der Waals surface area contributed by atoms with E-state index in [0.717, 1.165) is 166 Å². The maximum atomic E-state index is 13.3. The molecule has 6 aromatic carbocycles. The van der Waals surface area contributed by atoms with Crippen molar-refractivity contribution in [1.82, 2.24) is 30.9 Å². The summed E-state index contributed by atoms with van der Waals surface area (Å²) in [5.74, 6) is -3.63. The molecule has 5 atom stereocenters. The average molecular weight is 2010 g/mol. The molecule has 6 N–H and O–H groups in total. The molecule has 770 valence electrons. The van der Waals surface area contributed by atoms with E-state index in [9.17, 15) is 53.7 Å². The summed E-state index contributed by atoms with van der Waals surface area (Å²) in [6.07, 6.45) is 24.6. The fourth-order valence-corrected chi connectivity index (χ4v) is 19.0. The summed E-state index contributed by atoms with van der Waals surface area (Å²) >= 11 is 4.29. The van der Waals surface area contributed by atoms with Gasteiger partial charge in [0.1, 0.15) is 35.4 Å². The Bertz CT molecular complexity index is 6050. The number of thiophene rings is 3. The minimum atomic E-state index is -1.13. The number of carboxylic acids is 3. The zero-order valence-corrected chi connectivity index (χ0v) is 87.4. The number of benzene rings is 6. The maximum absolute atomic E-state index is 13.3. The average Bonchev–Trinajstić information content (AvgIpc) is 0.968. The summed E-state index contributed by atoms with van der Waals surface area (Å²) in [5, 5.41) is 36.3. The van der Waals surface area contributed by atoms with Crippen molar-refractivity contribution in [2.45, 2.75) is 296 Å². The molecule has 0 aliphatic heterocycles. The minimum absolute atomic E-state index is 0. The summed E-state index contributed by atoms with van der Waals surface area (Å²) in [4.78, 5) is 120. The Kier molecular flexibility index (Phi) is 47.5. The van der Waals surface area contributed by atoms with E-state index in [0.29, 0.717) is 27.5 Å². The molecule has 0 aliphatic rings. The molecule has 0 fully saturated rings. The van der Waals surface area contributed by atoms with Gasteiger partial charge in [-0.3, -0.25) is 48.5 Å².